The van der Waals surface area contributed by atoms with Crippen molar-refractivity contribution >= 4 is 17.2 Å². The molecule has 0 aliphatic carbocycles. The van der Waals surface area contributed by atoms with Crippen molar-refractivity contribution in [1.29, 1.82) is 0 Å². The van der Waals surface area contributed by atoms with Crippen LogP contribution in [0.4, 0.5) is 0 Å². The summed E-state index contributed by atoms with van der Waals surface area (Å²) in [4.78, 5) is 21.6. The van der Waals surface area contributed by atoms with Gasteiger partial charge >= 0.3 is 0 Å². The highest BCUT2D eigenvalue weighted by atomic mass is 32.1. The van der Waals surface area contributed by atoms with Crippen molar-refractivity contribution in [3.63, 3.8) is 0 Å². The summed E-state index contributed by atoms with van der Waals surface area (Å²) in [6.45, 7) is 0. The zero-order valence-electron chi connectivity index (χ0n) is 11.5. The van der Waals surface area contributed by atoms with Crippen molar-refractivity contribution in [3.05, 3.63) is 35.7 Å². The maximum absolute atomic E-state index is 12.3. The van der Waals surface area contributed by atoms with Crippen LogP contribution in [0.3, 0.4) is 0 Å². The smallest absolute Gasteiger partial charge is 0.280 e. The Hall–Kier alpha value is -1.79. The van der Waals surface area contributed by atoms with Gasteiger partial charge in [-0.2, -0.15) is 0 Å². The Kier molecular flexibility index (Phi) is 3.20. The molecule has 2 bridgehead atoms. The Morgan fingerprint density at radius 1 is 1.33 bits per heavy atom. The lowest BCUT2D eigenvalue weighted by atomic mass is 9.95. The molecule has 2 aromatic heterocycles. The summed E-state index contributed by atoms with van der Waals surface area (Å²) in [5.41, 5.74) is 1.04. The van der Waals surface area contributed by atoms with E-state index in [9.17, 15) is 4.79 Å². The van der Waals surface area contributed by atoms with Gasteiger partial charge in [0, 0.05) is 36.7 Å². The molecule has 6 heteroatoms. The number of hydrogen-bond acceptors (Lipinski definition) is 5. The molecule has 21 heavy (non-hydrogen) atoms. The largest absolute Gasteiger partial charge is 0.346 e. The van der Waals surface area contributed by atoms with Gasteiger partial charge < -0.3 is 10.6 Å². The van der Waals surface area contributed by atoms with E-state index < -0.39 is 0 Å². The maximum atomic E-state index is 12.3. The second kappa shape index (κ2) is 5.20. The first-order valence-corrected chi connectivity index (χ1v) is 8.04. The standard InChI is InChI=1S/C15H16N4OS/c20-14(19-12-7-10-1-2-11(12)18-10)15-17-8-13(21-15)9-3-5-16-6-4-9/h3-6,8,10-12,18H,1-2,7H2,(H,19,20)/t10-,11-,12+/m0/s1. The number of hydrogen-bond donors (Lipinski definition) is 2. The second-order valence-electron chi connectivity index (χ2n) is 5.63. The lowest BCUT2D eigenvalue weighted by Gasteiger charge is -2.20. The van der Waals surface area contributed by atoms with Gasteiger partial charge in [-0.15, -0.1) is 11.3 Å². The van der Waals surface area contributed by atoms with E-state index in [1.807, 2.05) is 12.1 Å². The van der Waals surface area contributed by atoms with Crippen molar-refractivity contribution in [1.82, 2.24) is 20.6 Å². The summed E-state index contributed by atoms with van der Waals surface area (Å²) < 4.78 is 0. The van der Waals surface area contributed by atoms with Gasteiger partial charge in [0.2, 0.25) is 0 Å². The quantitative estimate of drug-likeness (QED) is 0.907. The fraction of sp³-hybridized carbons (Fsp3) is 0.400. The molecule has 108 valence electrons. The van der Waals surface area contributed by atoms with Crippen LogP contribution in [0.15, 0.2) is 30.7 Å². The van der Waals surface area contributed by atoms with Crippen LogP contribution in [0.5, 0.6) is 0 Å². The number of nitrogens with one attached hydrogen (secondary N) is 2. The van der Waals surface area contributed by atoms with E-state index in [0.29, 0.717) is 17.1 Å². The molecule has 2 saturated heterocycles. The first kappa shape index (κ1) is 12.9. The molecular weight excluding hydrogens is 284 g/mol. The number of amides is 1. The molecule has 4 rings (SSSR count). The van der Waals surface area contributed by atoms with Crippen LogP contribution in [0.1, 0.15) is 29.1 Å². The highest BCUT2D eigenvalue weighted by Gasteiger charge is 2.39. The van der Waals surface area contributed by atoms with Crippen molar-refractivity contribution in [2.24, 2.45) is 0 Å². The van der Waals surface area contributed by atoms with E-state index in [4.69, 9.17) is 0 Å². The average Bonchev–Trinajstić information content (AvgIpc) is 3.24. The summed E-state index contributed by atoms with van der Waals surface area (Å²) in [5.74, 6) is -0.0559. The first-order valence-electron chi connectivity index (χ1n) is 7.23. The number of carbonyl (C=O) groups excluding carboxylic acids is 1. The minimum atomic E-state index is -0.0559. The molecule has 0 aromatic carbocycles. The molecule has 2 N–H and O–H groups in total. The van der Waals surface area contributed by atoms with Crippen molar-refractivity contribution < 1.29 is 4.79 Å². The number of fused-ring (bicyclic) bond motifs is 2. The predicted octanol–water partition coefficient (Wildman–Crippen LogP) is 1.83. The third-order valence-corrected chi connectivity index (χ3v) is 5.33. The summed E-state index contributed by atoms with van der Waals surface area (Å²) in [6.07, 6.45) is 8.69. The van der Waals surface area contributed by atoms with Crippen LogP contribution in [-0.4, -0.2) is 34.0 Å². The van der Waals surface area contributed by atoms with Crippen molar-refractivity contribution in [3.8, 4) is 10.4 Å². The van der Waals surface area contributed by atoms with Crippen LogP contribution in [0.2, 0.25) is 0 Å². The minimum absolute atomic E-state index is 0.0559. The molecule has 1 amide bonds. The Morgan fingerprint density at radius 3 is 2.90 bits per heavy atom. The molecule has 2 aliphatic rings. The topological polar surface area (TPSA) is 66.9 Å². The molecule has 0 radical (unpaired) electrons. The normalized spacial score (nSPS) is 27.0. The molecule has 4 heterocycles. The average molecular weight is 300 g/mol. The van der Waals surface area contributed by atoms with Crippen LogP contribution in [0.25, 0.3) is 10.4 Å². The van der Waals surface area contributed by atoms with E-state index >= 15 is 0 Å². The zero-order valence-corrected chi connectivity index (χ0v) is 12.3. The fourth-order valence-electron chi connectivity index (χ4n) is 3.24. The van der Waals surface area contributed by atoms with E-state index in [-0.39, 0.29) is 11.9 Å². The van der Waals surface area contributed by atoms with E-state index in [1.54, 1.807) is 18.6 Å². The van der Waals surface area contributed by atoms with Crippen molar-refractivity contribution in [2.75, 3.05) is 0 Å². The number of rotatable bonds is 3. The number of nitrogens with zero attached hydrogens (tertiary/aromatic N) is 2. The van der Waals surface area contributed by atoms with Gasteiger partial charge in [0.05, 0.1) is 4.88 Å². The van der Waals surface area contributed by atoms with Crippen LogP contribution < -0.4 is 10.6 Å². The maximum Gasteiger partial charge on any atom is 0.280 e. The van der Waals surface area contributed by atoms with Gasteiger partial charge in [0.25, 0.3) is 5.91 Å². The number of pyridine rings is 1. The monoisotopic (exact) mass is 300 g/mol. The number of carbonyl (C=O) groups is 1. The highest BCUT2D eigenvalue weighted by Crippen LogP contribution is 2.29. The molecule has 5 nitrogen and oxygen atoms in total. The molecule has 2 fully saturated rings. The van der Waals surface area contributed by atoms with E-state index in [0.717, 1.165) is 23.3 Å². The van der Waals surface area contributed by atoms with Crippen LogP contribution in [0, 0.1) is 0 Å². The predicted molar refractivity (Wildman–Crippen MR) is 81.2 cm³/mol. The molecule has 2 aromatic rings. The van der Waals surface area contributed by atoms with Gasteiger partial charge in [-0.05, 0) is 37.0 Å². The zero-order chi connectivity index (χ0) is 14.2. The Balaban J connectivity index is 1.47. The van der Waals surface area contributed by atoms with Gasteiger partial charge in [0.1, 0.15) is 0 Å². The molecule has 0 spiro atoms. The van der Waals surface area contributed by atoms with Crippen LogP contribution >= 0.6 is 11.3 Å². The molecule has 2 aliphatic heterocycles. The lowest BCUT2D eigenvalue weighted by molar-refractivity contribution is 0.0930. The summed E-state index contributed by atoms with van der Waals surface area (Å²) in [7, 11) is 0. The SMILES string of the molecule is O=C(N[C@@H]1C[C@@H]2CC[C@@H]1N2)c1ncc(-c2ccncc2)s1. The Bertz CT molecular complexity index is 657. The summed E-state index contributed by atoms with van der Waals surface area (Å²) in [6, 6.07) is 5.14. The summed E-state index contributed by atoms with van der Waals surface area (Å²) >= 11 is 1.43. The number of aromatic nitrogens is 2. The molecule has 0 unspecified atom stereocenters. The number of thiazole rings is 1. The van der Waals surface area contributed by atoms with Gasteiger partial charge in [-0.3, -0.25) is 9.78 Å². The molecule has 3 atom stereocenters. The summed E-state index contributed by atoms with van der Waals surface area (Å²) in [5, 5.41) is 7.18. The van der Waals surface area contributed by atoms with Crippen molar-refractivity contribution in [2.45, 2.75) is 37.4 Å². The molecule has 0 saturated carbocycles. The Labute approximate surface area is 126 Å². The lowest BCUT2D eigenvalue weighted by Crippen LogP contribution is -2.42. The van der Waals surface area contributed by atoms with E-state index in [1.165, 1.54) is 17.8 Å². The highest BCUT2D eigenvalue weighted by molar-refractivity contribution is 7.16. The van der Waals surface area contributed by atoms with Gasteiger partial charge in [-0.1, -0.05) is 0 Å². The first-order chi connectivity index (χ1) is 10.3. The van der Waals surface area contributed by atoms with E-state index in [2.05, 4.69) is 20.6 Å². The molecular formula is C15H16N4OS. The van der Waals surface area contributed by atoms with Crippen LogP contribution in [-0.2, 0) is 0 Å². The van der Waals surface area contributed by atoms with Gasteiger partial charge in [0.15, 0.2) is 5.01 Å². The van der Waals surface area contributed by atoms with Gasteiger partial charge in [-0.25, -0.2) is 4.98 Å². The Morgan fingerprint density at radius 2 is 2.19 bits per heavy atom. The third kappa shape index (κ3) is 2.45. The fourth-order valence-corrected chi connectivity index (χ4v) is 4.07. The minimum Gasteiger partial charge on any atom is -0.346 e. The third-order valence-electron chi connectivity index (χ3n) is 4.28. The second-order valence-corrected chi connectivity index (χ2v) is 6.66.